The standard InChI is InChI=1S/C8H10N6.C2H6/c1-14-5-7(4-12-14)6-2-10-8(13-9)11-3-6;1-2/h2-5H,9H2,1H3,(H,10,11,13);1-2H3. The van der Waals surface area contributed by atoms with Crippen molar-refractivity contribution in [2.24, 2.45) is 12.9 Å². The number of hydrazine groups is 1. The molecule has 16 heavy (non-hydrogen) atoms. The Labute approximate surface area is 94.5 Å². The molecule has 2 heterocycles. The first-order valence-corrected chi connectivity index (χ1v) is 5.07. The van der Waals surface area contributed by atoms with Crippen molar-refractivity contribution in [3.8, 4) is 11.1 Å². The van der Waals surface area contributed by atoms with Gasteiger partial charge in [0.2, 0.25) is 5.95 Å². The summed E-state index contributed by atoms with van der Waals surface area (Å²) in [5.74, 6) is 5.55. The number of aryl methyl sites for hydroxylation is 1. The Kier molecular flexibility index (Phi) is 4.41. The largest absolute Gasteiger partial charge is 0.292 e. The molecule has 0 aliphatic carbocycles. The molecule has 0 radical (unpaired) electrons. The fourth-order valence-electron chi connectivity index (χ4n) is 1.12. The summed E-state index contributed by atoms with van der Waals surface area (Å²) in [5.41, 5.74) is 4.26. The molecule has 0 saturated heterocycles. The molecular formula is C10H16N6. The van der Waals surface area contributed by atoms with Crippen molar-refractivity contribution < 1.29 is 0 Å². The quantitative estimate of drug-likeness (QED) is 0.587. The van der Waals surface area contributed by atoms with Gasteiger partial charge in [-0.2, -0.15) is 5.10 Å². The summed E-state index contributed by atoms with van der Waals surface area (Å²) in [5, 5.41) is 4.06. The first-order chi connectivity index (χ1) is 7.79. The van der Waals surface area contributed by atoms with Crippen LogP contribution in [0.25, 0.3) is 11.1 Å². The van der Waals surface area contributed by atoms with E-state index in [1.807, 2.05) is 27.1 Å². The molecule has 2 aromatic rings. The summed E-state index contributed by atoms with van der Waals surface area (Å²) < 4.78 is 1.73. The highest BCUT2D eigenvalue weighted by molar-refractivity contribution is 5.59. The van der Waals surface area contributed by atoms with Crippen LogP contribution in [0.1, 0.15) is 13.8 Å². The van der Waals surface area contributed by atoms with Crippen LogP contribution in [0.2, 0.25) is 0 Å². The molecule has 0 spiro atoms. The topological polar surface area (TPSA) is 81.7 Å². The molecule has 0 aliphatic heterocycles. The molecule has 0 fully saturated rings. The van der Waals surface area contributed by atoms with Crippen LogP contribution < -0.4 is 11.3 Å². The van der Waals surface area contributed by atoms with Crippen LogP contribution in [0.4, 0.5) is 5.95 Å². The number of nitrogens with one attached hydrogen (secondary N) is 1. The van der Waals surface area contributed by atoms with Crippen LogP contribution in [0.15, 0.2) is 24.8 Å². The maximum atomic E-state index is 5.15. The normalized spacial score (nSPS) is 9.25. The molecule has 6 heteroatoms. The molecule has 6 nitrogen and oxygen atoms in total. The van der Waals surface area contributed by atoms with E-state index in [-0.39, 0.29) is 0 Å². The number of hydrogen-bond donors (Lipinski definition) is 2. The molecule has 2 aromatic heterocycles. The molecule has 0 aromatic carbocycles. The number of anilines is 1. The summed E-state index contributed by atoms with van der Waals surface area (Å²) in [6, 6.07) is 0. The van der Waals surface area contributed by atoms with E-state index in [1.54, 1.807) is 23.3 Å². The summed E-state index contributed by atoms with van der Waals surface area (Å²) in [4.78, 5) is 8.00. The first-order valence-electron chi connectivity index (χ1n) is 5.07. The van der Waals surface area contributed by atoms with Gasteiger partial charge in [-0.05, 0) is 0 Å². The van der Waals surface area contributed by atoms with Gasteiger partial charge in [0.25, 0.3) is 0 Å². The molecule has 0 saturated carbocycles. The predicted octanol–water partition coefficient (Wildman–Crippen LogP) is 1.19. The smallest absolute Gasteiger partial charge is 0.237 e. The number of nitrogens with two attached hydrogens (primary N) is 1. The number of nitrogens with zero attached hydrogens (tertiary/aromatic N) is 4. The number of aromatic nitrogens is 4. The molecule has 0 aliphatic rings. The van der Waals surface area contributed by atoms with Crippen molar-refractivity contribution in [3.05, 3.63) is 24.8 Å². The molecular weight excluding hydrogens is 204 g/mol. The van der Waals surface area contributed by atoms with E-state index >= 15 is 0 Å². The second-order valence-corrected chi connectivity index (χ2v) is 2.84. The minimum absolute atomic E-state index is 0.401. The van der Waals surface area contributed by atoms with Gasteiger partial charge in [0, 0.05) is 36.8 Å². The van der Waals surface area contributed by atoms with Crippen molar-refractivity contribution in [2.75, 3.05) is 5.43 Å². The number of nitrogen functional groups attached to an aromatic ring is 1. The lowest BCUT2D eigenvalue weighted by Crippen LogP contribution is -2.09. The van der Waals surface area contributed by atoms with E-state index in [4.69, 9.17) is 5.84 Å². The highest BCUT2D eigenvalue weighted by Gasteiger charge is 2.01. The van der Waals surface area contributed by atoms with Crippen LogP contribution >= 0.6 is 0 Å². The second kappa shape index (κ2) is 5.82. The van der Waals surface area contributed by atoms with Crippen LogP contribution in [0, 0.1) is 0 Å². The van der Waals surface area contributed by atoms with E-state index < -0.39 is 0 Å². The highest BCUT2D eigenvalue weighted by atomic mass is 15.3. The van der Waals surface area contributed by atoms with Crippen LogP contribution in [-0.2, 0) is 7.05 Å². The lowest BCUT2D eigenvalue weighted by Gasteiger charge is -1.98. The Morgan fingerprint density at radius 3 is 2.19 bits per heavy atom. The molecule has 0 amide bonds. The van der Waals surface area contributed by atoms with E-state index in [0.29, 0.717) is 5.95 Å². The summed E-state index contributed by atoms with van der Waals surface area (Å²) in [6.45, 7) is 4.00. The van der Waals surface area contributed by atoms with Gasteiger partial charge in [-0.25, -0.2) is 15.8 Å². The van der Waals surface area contributed by atoms with Crippen molar-refractivity contribution in [1.82, 2.24) is 19.7 Å². The fourth-order valence-corrected chi connectivity index (χ4v) is 1.12. The molecule has 86 valence electrons. The number of hydrogen-bond acceptors (Lipinski definition) is 5. The van der Waals surface area contributed by atoms with Gasteiger partial charge in [-0.3, -0.25) is 10.1 Å². The average Bonchev–Trinajstić information content (AvgIpc) is 2.79. The molecule has 2 rings (SSSR count). The van der Waals surface area contributed by atoms with Gasteiger partial charge < -0.3 is 0 Å². The fraction of sp³-hybridized carbons (Fsp3) is 0.300. The molecule has 0 bridgehead atoms. The third kappa shape index (κ3) is 2.77. The summed E-state index contributed by atoms with van der Waals surface area (Å²) >= 11 is 0. The lowest BCUT2D eigenvalue weighted by molar-refractivity contribution is 0.768. The zero-order chi connectivity index (χ0) is 12.0. The Morgan fingerprint density at radius 1 is 1.12 bits per heavy atom. The zero-order valence-corrected chi connectivity index (χ0v) is 9.68. The van der Waals surface area contributed by atoms with Gasteiger partial charge in [0.1, 0.15) is 0 Å². The van der Waals surface area contributed by atoms with Crippen LogP contribution in [0.5, 0.6) is 0 Å². The van der Waals surface area contributed by atoms with E-state index in [0.717, 1.165) is 11.1 Å². The van der Waals surface area contributed by atoms with E-state index in [9.17, 15) is 0 Å². The number of rotatable bonds is 2. The van der Waals surface area contributed by atoms with Crippen molar-refractivity contribution in [1.29, 1.82) is 0 Å². The highest BCUT2D eigenvalue weighted by Crippen LogP contribution is 2.16. The van der Waals surface area contributed by atoms with Gasteiger partial charge in [-0.1, -0.05) is 13.8 Å². The Bertz CT molecular complexity index is 419. The summed E-state index contributed by atoms with van der Waals surface area (Å²) in [7, 11) is 1.86. The van der Waals surface area contributed by atoms with Crippen molar-refractivity contribution in [3.63, 3.8) is 0 Å². The summed E-state index contributed by atoms with van der Waals surface area (Å²) in [6.07, 6.45) is 7.04. The minimum atomic E-state index is 0.401. The Balaban J connectivity index is 0.000000606. The van der Waals surface area contributed by atoms with E-state index in [2.05, 4.69) is 20.5 Å². The van der Waals surface area contributed by atoms with Gasteiger partial charge in [-0.15, -0.1) is 0 Å². The Morgan fingerprint density at radius 2 is 1.75 bits per heavy atom. The first kappa shape index (κ1) is 12.1. The maximum absolute atomic E-state index is 5.15. The van der Waals surface area contributed by atoms with Gasteiger partial charge in [0.15, 0.2) is 0 Å². The Hall–Kier alpha value is -1.95. The molecule has 0 atom stereocenters. The minimum Gasteiger partial charge on any atom is -0.292 e. The van der Waals surface area contributed by atoms with Gasteiger partial charge in [0.05, 0.1) is 6.20 Å². The lowest BCUT2D eigenvalue weighted by atomic mass is 10.2. The van der Waals surface area contributed by atoms with Crippen molar-refractivity contribution >= 4 is 5.95 Å². The maximum Gasteiger partial charge on any atom is 0.237 e. The van der Waals surface area contributed by atoms with Crippen molar-refractivity contribution in [2.45, 2.75) is 13.8 Å². The zero-order valence-electron chi connectivity index (χ0n) is 9.68. The monoisotopic (exact) mass is 220 g/mol. The average molecular weight is 220 g/mol. The van der Waals surface area contributed by atoms with Crippen LogP contribution in [0.3, 0.4) is 0 Å². The third-order valence-electron chi connectivity index (χ3n) is 1.82. The third-order valence-corrected chi connectivity index (χ3v) is 1.82. The molecule has 0 unspecified atom stereocenters. The second-order valence-electron chi connectivity index (χ2n) is 2.84. The van der Waals surface area contributed by atoms with E-state index in [1.165, 1.54) is 0 Å². The van der Waals surface area contributed by atoms with Crippen LogP contribution in [-0.4, -0.2) is 19.7 Å². The predicted molar refractivity (Wildman–Crippen MR) is 63.4 cm³/mol. The van der Waals surface area contributed by atoms with Gasteiger partial charge >= 0.3 is 0 Å². The SMILES string of the molecule is CC.Cn1cc(-c2cnc(NN)nc2)cn1. The molecule has 3 N–H and O–H groups in total.